The van der Waals surface area contributed by atoms with Crippen molar-refractivity contribution >= 4 is 51.5 Å². The average molecular weight is 1200 g/mol. The van der Waals surface area contributed by atoms with Crippen molar-refractivity contribution in [3.05, 3.63) is 48.8 Å². The lowest BCUT2D eigenvalue weighted by Crippen LogP contribution is -2.61. The number of benzene rings is 2. The first-order valence-corrected chi connectivity index (χ1v) is 33.9. The number of esters is 3. The van der Waals surface area contributed by atoms with Crippen LogP contribution in [0.4, 0.5) is 0 Å². The molecule has 2 aromatic carbocycles. The minimum Gasteiger partial charge on any atom is -0.469 e. The summed E-state index contributed by atoms with van der Waals surface area (Å²) < 4.78 is 22.0. The molecule has 0 aliphatic heterocycles. The first-order chi connectivity index (χ1) is 41.3. The fourth-order valence-corrected chi connectivity index (χ4v) is 22.1. The highest BCUT2D eigenvalue weighted by Gasteiger charge is 2.65. The number of methoxy groups -OCH3 is 2. The van der Waals surface area contributed by atoms with Gasteiger partial charge in [-0.3, -0.25) is 14.4 Å². The Morgan fingerprint density at radius 1 is 0.640 bits per heavy atom. The average Bonchev–Trinajstić information content (AvgIpc) is 1.11. The Morgan fingerprint density at radius 2 is 1.20 bits per heavy atom. The quantitative estimate of drug-likeness (QED) is 0.0483. The number of carbonyl (C=O) groups excluding carboxylic acids is 3. The smallest absolute Gasteiger partial charge is 0.328 e. The topological polar surface area (TPSA) is 178 Å². The Balaban J connectivity index is 0.630. The van der Waals surface area contributed by atoms with Crippen LogP contribution < -0.4 is 4.84 Å². The standard InChI is InChI=1S/C70H97ClN8O7/c1-42(9-21-63(80)84-7)53-19-20-54-51-18-14-47-37-70(83,30-29-67(47,4)55(51)24-27-68(53,54)5)41-78-39-60(74-76-78)45-12-16-50-49-15-11-44(33-61(49)79(32-31-72-71)62(50)34-45)59-38-77(75-73-59)40-65(82)86-48-23-26-66(3)46(35-48)13-17-52-56(66)25-28-69(6)57(36-58(52)69)43(2)10-22-64(81)85-8/h11-12,15-16,33-34,38-39,42-43,46-48,51-58,72,83H,9-10,13-14,17-32,35-37,40-41H2,1-8H3/t42-,43-,46-,47?,48?,51?,52-,53?,54?,55?,56?,57?,58+,66?,67?,68?,69?,70?/m1/s1. The van der Waals surface area contributed by atoms with Gasteiger partial charge >= 0.3 is 17.9 Å². The highest BCUT2D eigenvalue weighted by Crippen LogP contribution is 2.72. The zero-order chi connectivity index (χ0) is 60.1. The third-order valence-electron chi connectivity index (χ3n) is 26.8. The molecule has 13 rings (SSSR count). The van der Waals surface area contributed by atoms with E-state index in [2.05, 4.69) is 103 Å². The van der Waals surface area contributed by atoms with Crippen LogP contribution in [0, 0.1) is 92.7 Å². The van der Waals surface area contributed by atoms with Gasteiger partial charge in [-0.1, -0.05) is 76.2 Å². The van der Waals surface area contributed by atoms with E-state index in [9.17, 15) is 19.5 Å². The summed E-state index contributed by atoms with van der Waals surface area (Å²) in [5, 5.41) is 33.0. The monoisotopic (exact) mass is 1200 g/mol. The molecule has 0 saturated heterocycles. The molecule has 3 aromatic heterocycles. The molecule has 86 heavy (non-hydrogen) atoms. The molecule has 8 aliphatic rings. The zero-order valence-corrected chi connectivity index (χ0v) is 53.5. The molecule has 13 unspecified atom stereocenters. The Labute approximate surface area is 514 Å². The number of nitrogens with one attached hydrogen (secondary N) is 1. The van der Waals surface area contributed by atoms with Gasteiger partial charge < -0.3 is 23.9 Å². The van der Waals surface area contributed by atoms with Crippen LogP contribution in [0.5, 0.6) is 0 Å². The van der Waals surface area contributed by atoms with Crippen LogP contribution in [0.3, 0.4) is 0 Å². The van der Waals surface area contributed by atoms with E-state index in [1.54, 1.807) is 4.68 Å². The van der Waals surface area contributed by atoms with Gasteiger partial charge in [-0.05, 0) is 239 Å². The molecule has 15 nitrogen and oxygen atoms in total. The van der Waals surface area contributed by atoms with E-state index in [1.807, 2.05) is 17.1 Å². The molecule has 0 amide bonds. The van der Waals surface area contributed by atoms with Crippen molar-refractivity contribution in [2.45, 2.75) is 208 Å². The highest BCUT2D eigenvalue weighted by atomic mass is 35.5. The third kappa shape index (κ3) is 10.4. The lowest BCUT2D eigenvalue weighted by atomic mass is 9.37. The number of nitrogens with zero attached hydrogens (tertiary/aromatic N) is 7. The van der Waals surface area contributed by atoms with Crippen molar-refractivity contribution in [2.75, 3.05) is 20.8 Å². The number of carbonyl (C=O) groups is 3. The Kier molecular flexibility index (Phi) is 16.2. The van der Waals surface area contributed by atoms with E-state index >= 15 is 0 Å². The van der Waals surface area contributed by atoms with Crippen LogP contribution in [-0.2, 0) is 48.2 Å². The Hall–Kier alpha value is -4.86. The van der Waals surface area contributed by atoms with Crippen LogP contribution in [0.25, 0.3) is 44.3 Å². The summed E-state index contributed by atoms with van der Waals surface area (Å²) in [7, 11) is 2.99. The maximum Gasteiger partial charge on any atom is 0.328 e. The lowest BCUT2D eigenvalue weighted by Gasteiger charge is -2.68. The van der Waals surface area contributed by atoms with Gasteiger partial charge in [0.05, 0.1) is 38.8 Å². The maximum absolute atomic E-state index is 13.7. The first-order valence-electron chi connectivity index (χ1n) is 33.5. The first kappa shape index (κ1) is 60.1. The molecule has 3 heterocycles. The van der Waals surface area contributed by atoms with Crippen LogP contribution in [0.2, 0.25) is 0 Å². The fraction of sp³-hybridized carbons (Fsp3) is 0.729. The van der Waals surface area contributed by atoms with Crippen LogP contribution >= 0.6 is 11.8 Å². The second-order valence-corrected chi connectivity index (χ2v) is 30.8. The van der Waals surface area contributed by atoms with Crippen LogP contribution in [0.1, 0.15) is 176 Å². The van der Waals surface area contributed by atoms with Gasteiger partial charge in [-0.2, -0.15) is 0 Å². The predicted molar refractivity (Wildman–Crippen MR) is 333 cm³/mol. The normalized spacial score (nSPS) is 37.0. The third-order valence-corrected chi connectivity index (χ3v) is 26.9. The van der Waals surface area contributed by atoms with Gasteiger partial charge in [-0.15, -0.1) is 10.2 Å². The van der Waals surface area contributed by atoms with Crippen molar-refractivity contribution in [1.82, 2.24) is 39.4 Å². The molecule has 8 fully saturated rings. The van der Waals surface area contributed by atoms with E-state index in [4.69, 9.17) is 31.1 Å². The number of halogens is 1. The molecule has 16 heteroatoms. The van der Waals surface area contributed by atoms with Crippen molar-refractivity contribution in [1.29, 1.82) is 0 Å². The molecular weight excluding hydrogens is 1100 g/mol. The maximum atomic E-state index is 13.7. The number of ether oxygens (including phenoxy) is 3. The molecule has 8 aliphatic carbocycles. The van der Waals surface area contributed by atoms with E-state index in [0.29, 0.717) is 90.4 Å². The SMILES string of the molecule is COC(=O)CC[C@@H](C)C1CCC2C3CCC4CC(O)(Cn5cc(-c6ccc7c8ccc(-c9cn(CC(=O)OC%10CCC%11(C)C%12CCC%13(C)C([C@H](C)CCC(=O)OC)C[C@H]%13[C@@H]%12CC[C@@H]%11C%10)nn9)cc8n(CCNCl)c7c6)nn5)CCC4(C)C3CCC21C. The highest BCUT2D eigenvalue weighted by molar-refractivity contribution is 6.13. The summed E-state index contributed by atoms with van der Waals surface area (Å²) in [5.74, 6) is 7.51. The number of aliphatic hydroxyl groups is 1. The van der Waals surface area contributed by atoms with Gasteiger partial charge in [0.1, 0.15) is 24.0 Å². The number of aromatic nitrogens is 7. The summed E-state index contributed by atoms with van der Waals surface area (Å²) in [5.41, 5.74) is 5.79. The van der Waals surface area contributed by atoms with Crippen molar-refractivity contribution in [3.8, 4) is 22.5 Å². The summed E-state index contributed by atoms with van der Waals surface area (Å²) >= 11 is 6.13. The van der Waals surface area contributed by atoms with Crippen molar-refractivity contribution < 1.29 is 33.7 Å². The summed E-state index contributed by atoms with van der Waals surface area (Å²) in [4.78, 5) is 40.5. The fourth-order valence-electron chi connectivity index (χ4n) is 22.1. The van der Waals surface area contributed by atoms with E-state index in [0.717, 1.165) is 120 Å². The summed E-state index contributed by atoms with van der Waals surface area (Å²) in [6, 6.07) is 12.9. The van der Waals surface area contributed by atoms with Gasteiger partial charge in [-0.25, -0.2) is 14.2 Å². The van der Waals surface area contributed by atoms with Gasteiger partial charge in [0.15, 0.2) is 0 Å². The molecule has 18 atom stereocenters. The van der Waals surface area contributed by atoms with Gasteiger partial charge in [0, 0.05) is 58.9 Å². The second-order valence-electron chi connectivity index (χ2n) is 30.5. The minimum absolute atomic E-state index is 0.0109. The number of hydrogen-bond acceptors (Lipinski definition) is 12. The number of rotatable bonds is 18. The van der Waals surface area contributed by atoms with Crippen molar-refractivity contribution in [2.24, 2.45) is 92.7 Å². The largest absolute Gasteiger partial charge is 0.469 e. The Morgan fingerprint density at radius 3 is 1.84 bits per heavy atom. The Bertz CT molecular complexity index is 3340. The molecule has 0 spiro atoms. The second kappa shape index (κ2) is 23.2. The molecule has 5 aromatic rings. The molecule has 8 saturated carbocycles. The van der Waals surface area contributed by atoms with Gasteiger partial charge in [0.25, 0.3) is 0 Å². The van der Waals surface area contributed by atoms with E-state index in [1.165, 1.54) is 84.8 Å². The number of fused-ring (bicyclic) bond motifs is 13. The van der Waals surface area contributed by atoms with Crippen LogP contribution in [-0.4, -0.2) is 90.0 Å². The number of hydrogen-bond donors (Lipinski definition) is 2. The molecule has 0 radical (unpaired) electrons. The van der Waals surface area contributed by atoms with E-state index < -0.39 is 5.60 Å². The zero-order valence-electron chi connectivity index (χ0n) is 52.7. The van der Waals surface area contributed by atoms with Gasteiger partial charge in [0.2, 0.25) is 0 Å². The van der Waals surface area contributed by atoms with E-state index in [-0.39, 0.29) is 41.4 Å². The summed E-state index contributed by atoms with van der Waals surface area (Å²) in [6.45, 7) is 16.6. The lowest BCUT2D eigenvalue weighted by molar-refractivity contribution is -0.200. The molecule has 466 valence electrons. The summed E-state index contributed by atoms with van der Waals surface area (Å²) in [6.07, 6.45) is 26.1. The van der Waals surface area contributed by atoms with Crippen molar-refractivity contribution in [3.63, 3.8) is 0 Å². The molecular formula is C70H97ClN8O7. The van der Waals surface area contributed by atoms with Crippen LogP contribution in [0.15, 0.2) is 48.8 Å². The predicted octanol–water partition coefficient (Wildman–Crippen LogP) is 13.8. The molecule has 2 N–H and O–H groups in total. The molecule has 0 bridgehead atoms. The minimum atomic E-state index is -0.843.